The smallest absolute Gasteiger partial charge is 0.387 e. The van der Waals surface area contributed by atoms with Gasteiger partial charge >= 0.3 is 18.6 Å². The Kier molecular flexibility index (Phi) is 6.64. The van der Waals surface area contributed by atoms with Gasteiger partial charge in [0.15, 0.2) is 0 Å². The Morgan fingerprint density at radius 2 is 1.72 bits per heavy atom. The maximum absolute atomic E-state index is 12.8. The summed E-state index contributed by atoms with van der Waals surface area (Å²) in [5.74, 6) is -1.16. The van der Waals surface area contributed by atoms with Crippen LogP contribution in [0.1, 0.15) is 42.5 Å². The normalized spacial score (nSPS) is 14.4. The van der Waals surface area contributed by atoms with E-state index in [1.165, 1.54) is 48.9 Å². The van der Waals surface area contributed by atoms with E-state index in [2.05, 4.69) is 15.4 Å². The van der Waals surface area contributed by atoms with E-state index in [1.807, 2.05) is 0 Å². The van der Waals surface area contributed by atoms with Crippen LogP contribution in [0.25, 0.3) is 11.1 Å². The number of ether oxygens (including phenoxy) is 1. The third-order valence-electron chi connectivity index (χ3n) is 4.84. The lowest BCUT2D eigenvalue weighted by atomic mass is 9.96. The van der Waals surface area contributed by atoms with Crippen molar-refractivity contribution >= 4 is 17.7 Å². The number of halogens is 2. The molecule has 1 aliphatic carbocycles. The van der Waals surface area contributed by atoms with Gasteiger partial charge < -0.3 is 20.5 Å². The highest BCUT2D eigenvalue weighted by Gasteiger charge is 2.17. The van der Waals surface area contributed by atoms with Crippen molar-refractivity contribution in [2.45, 2.75) is 44.8 Å². The monoisotopic (exact) mass is 404 g/mol. The second-order valence-corrected chi connectivity index (χ2v) is 6.91. The first-order chi connectivity index (χ1) is 13.9. The van der Waals surface area contributed by atoms with Gasteiger partial charge in [0.25, 0.3) is 0 Å². The first kappa shape index (κ1) is 20.6. The summed E-state index contributed by atoms with van der Waals surface area (Å²) in [5.41, 5.74) is 1.29. The molecule has 2 aromatic rings. The van der Waals surface area contributed by atoms with E-state index in [0.717, 1.165) is 25.7 Å². The highest BCUT2D eigenvalue weighted by Crippen LogP contribution is 2.34. The van der Waals surface area contributed by atoms with Gasteiger partial charge in [0.05, 0.1) is 5.56 Å². The molecule has 0 atom stereocenters. The summed E-state index contributed by atoms with van der Waals surface area (Å²) in [4.78, 5) is 23.3. The largest absolute Gasteiger partial charge is 0.478 e. The minimum atomic E-state index is -3.01. The molecule has 0 saturated heterocycles. The standard InChI is InChI=1S/C21H22F2N2O4/c22-20(23)29-18-11-10-16(25-21(28)24-15-4-2-1-3-5-15)12-17(18)13-6-8-14(9-7-13)19(26)27/h6-12,15,20H,1-5H2,(H,26,27)(H2,24,25,28). The fraction of sp³-hybridized carbons (Fsp3) is 0.333. The number of rotatable bonds is 6. The molecule has 3 rings (SSSR count). The van der Waals surface area contributed by atoms with Crippen molar-refractivity contribution in [2.24, 2.45) is 0 Å². The fourth-order valence-corrected chi connectivity index (χ4v) is 3.42. The maximum atomic E-state index is 12.8. The van der Waals surface area contributed by atoms with Crippen molar-refractivity contribution in [3.05, 3.63) is 48.0 Å². The zero-order valence-electron chi connectivity index (χ0n) is 15.7. The Labute approximate surface area is 166 Å². The van der Waals surface area contributed by atoms with Gasteiger partial charge in [-0.2, -0.15) is 8.78 Å². The van der Waals surface area contributed by atoms with Crippen LogP contribution in [0.15, 0.2) is 42.5 Å². The van der Waals surface area contributed by atoms with Crippen LogP contribution < -0.4 is 15.4 Å². The van der Waals surface area contributed by atoms with Crippen LogP contribution in [0.4, 0.5) is 19.3 Å². The summed E-state index contributed by atoms with van der Waals surface area (Å²) in [7, 11) is 0. The number of hydrogen-bond acceptors (Lipinski definition) is 3. The summed E-state index contributed by atoms with van der Waals surface area (Å²) >= 11 is 0. The number of nitrogens with one attached hydrogen (secondary N) is 2. The van der Waals surface area contributed by atoms with Gasteiger partial charge in [0.1, 0.15) is 5.75 Å². The molecule has 1 aliphatic rings. The van der Waals surface area contributed by atoms with Crippen LogP contribution in [0.5, 0.6) is 5.75 Å². The highest BCUT2D eigenvalue weighted by atomic mass is 19.3. The molecule has 29 heavy (non-hydrogen) atoms. The van der Waals surface area contributed by atoms with Gasteiger partial charge in [-0.05, 0) is 48.7 Å². The summed E-state index contributed by atoms with van der Waals surface area (Å²) in [5, 5.41) is 14.7. The van der Waals surface area contributed by atoms with Crippen LogP contribution >= 0.6 is 0 Å². The number of amides is 2. The van der Waals surface area contributed by atoms with Gasteiger partial charge in [-0.1, -0.05) is 31.4 Å². The van der Waals surface area contributed by atoms with Crippen molar-refractivity contribution in [1.82, 2.24) is 5.32 Å². The summed E-state index contributed by atoms with van der Waals surface area (Å²) in [6.07, 6.45) is 5.23. The lowest BCUT2D eigenvalue weighted by molar-refractivity contribution is -0.0494. The number of carboxylic acid groups (broad SMARTS) is 1. The lowest BCUT2D eigenvalue weighted by Gasteiger charge is -2.23. The van der Waals surface area contributed by atoms with Crippen LogP contribution in [-0.2, 0) is 0 Å². The van der Waals surface area contributed by atoms with Crippen LogP contribution in [-0.4, -0.2) is 29.8 Å². The van der Waals surface area contributed by atoms with Crippen LogP contribution in [0.2, 0.25) is 0 Å². The molecule has 0 aliphatic heterocycles. The van der Waals surface area contributed by atoms with E-state index in [0.29, 0.717) is 16.8 Å². The molecule has 2 amide bonds. The number of aromatic carboxylic acids is 1. The topological polar surface area (TPSA) is 87.7 Å². The average Bonchev–Trinajstić information content (AvgIpc) is 2.69. The van der Waals surface area contributed by atoms with E-state index in [1.54, 1.807) is 0 Å². The van der Waals surface area contributed by atoms with Gasteiger partial charge in [-0.25, -0.2) is 9.59 Å². The lowest BCUT2D eigenvalue weighted by Crippen LogP contribution is -2.39. The summed E-state index contributed by atoms with van der Waals surface area (Å²) < 4.78 is 30.1. The molecule has 0 spiro atoms. The van der Waals surface area contributed by atoms with Gasteiger partial charge in [0.2, 0.25) is 0 Å². The van der Waals surface area contributed by atoms with Gasteiger partial charge in [-0.15, -0.1) is 0 Å². The first-order valence-corrected chi connectivity index (χ1v) is 9.42. The molecular formula is C21H22F2N2O4. The molecule has 3 N–H and O–H groups in total. The average molecular weight is 404 g/mol. The number of carbonyl (C=O) groups excluding carboxylic acids is 1. The number of carboxylic acids is 1. The molecule has 0 bridgehead atoms. The summed E-state index contributed by atoms with van der Waals surface area (Å²) in [6.45, 7) is -3.01. The molecule has 0 unspecified atom stereocenters. The Morgan fingerprint density at radius 3 is 2.34 bits per heavy atom. The predicted molar refractivity (Wildman–Crippen MR) is 104 cm³/mol. The van der Waals surface area contributed by atoms with Crippen molar-refractivity contribution < 1.29 is 28.2 Å². The van der Waals surface area contributed by atoms with E-state index in [-0.39, 0.29) is 23.4 Å². The van der Waals surface area contributed by atoms with Gasteiger partial charge in [-0.3, -0.25) is 0 Å². The van der Waals surface area contributed by atoms with Crippen molar-refractivity contribution in [1.29, 1.82) is 0 Å². The second-order valence-electron chi connectivity index (χ2n) is 6.91. The number of carbonyl (C=O) groups is 2. The molecule has 8 heteroatoms. The van der Waals surface area contributed by atoms with E-state index >= 15 is 0 Å². The Balaban J connectivity index is 1.81. The fourth-order valence-electron chi connectivity index (χ4n) is 3.42. The minimum Gasteiger partial charge on any atom is -0.478 e. The number of urea groups is 1. The molecule has 1 saturated carbocycles. The summed E-state index contributed by atoms with van der Waals surface area (Å²) in [6, 6.07) is 9.88. The molecule has 0 heterocycles. The number of anilines is 1. The molecular weight excluding hydrogens is 382 g/mol. The van der Waals surface area contributed by atoms with Crippen molar-refractivity contribution in [2.75, 3.05) is 5.32 Å². The van der Waals surface area contributed by atoms with E-state index < -0.39 is 12.6 Å². The SMILES string of the molecule is O=C(Nc1ccc(OC(F)F)c(-c2ccc(C(=O)O)cc2)c1)NC1CCCCC1. The molecule has 0 radical (unpaired) electrons. The zero-order valence-corrected chi connectivity index (χ0v) is 15.7. The zero-order chi connectivity index (χ0) is 20.8. The Hall–Kier alpha value is -3.16. The minimum absolute atomic E-state index is 0.0682. The third-order valence-corrected chi connectivity index (χ3v) is 4.84. The molecule has 154 valence electrons. The molecule has 6 nitrogen and oxygen atoms in total. The van der Waals surface area contributed by atoms with Crippen molar-refractivity contribution in [3.63, 3.8) is 0 Å². The predicted octanol–water partition coefficient (Wildman–Crippen LogP) is 5.11. The Bertz CT molecular complexity index is 865. The van der Waals surface area contributed by atoms with E-state index in [9.17, 15) is 18.4 Å². The quantitative estimate of drug-likeness (QED) is 0.625. The molecule has 0 aromatic heterocycles. The second kappa shape index (κ2) is 9.36. The van der Waals surface area contributed by atoms with Gasteiger partial charge in [0, 0.05) is 17.3 Å². The van der Waals surface area contributed by atoms with E-state index in [4.69, 9.17) is 5.11 Å². The number of benzene rings is 2. The van der Waals surface area contributed by atoms with Crippen molar-refractivity contribution in [3.8, 4) is 16.9 Å². The van der Waals surface area contributed by atoms with Crippen LogP contribution in [0, 0.1) is 0 Å². The molecule has 2 aromatic carbocycles. The van der Waals surface area contributed by atoms with Crippen LogP contribution in [0.3, 0.4) is 0 Å². The maximum Gasteiger partial charge on any atom is 0.387 e. The Morgan fingerprint density at radius 1 is 1.03 bits per heavy atom. The highest BCUT2D eigenvalue weighted by molar-refractivity contribution is 5.91. The third kappa shape index (κ3) is 5.66. The number of hydrogen-bond donors (Lipinski definition) is 3. The molecule has 1 fully saturated rings. The first-order valence-electron chi connectivity index (χ1n) is 9.42. The number of alkyl halides is 2.